The van der Waals surface area contributed by atoms with E-state index in [4.69, 9.17) is 6.57 Å². The van der Waals surface area contributed by atoms with Gasteiger partial charge in [-0.05, 0) is 37.3 Å². The average Bonchev–Trinajstić information content (AvgIpc) is 3.31. The van der Waals surface area contributed by atoms with Crippen LogP contribution in [0, 0.1) is 13.5 Å². The van der Waals surface area contributed by atoms with Gasteiger partial charge in [-0.25, -0.2) is 14.6 Å². The third-order valence-corrected chi connectivity index (χ3v) is 4.69. The summed E-state index contributed by atoms with van der Waals surface area (Å²) >= 11 is 0. The highest BCUT2D eigenvalue weighted by Crippen LogP contribution is 2.31. The minimum atomic E-state index is -4.51. The Morgan fingerprint density at radius 1 is 1.10 bits per heavy atom. The fourth-order valence-corrected chi connectivity index (χ4v) is 3.25. The molecule has 150 valence electrons. The number of aromatic amines is 1. The second-order valence-corrected chi connectivity index (χ2v) is 6.52. The molecule has 0 aliphatic heterocycles. The molecule has 1 N–H and O–H groups in total. The molecule has 0 fully saturated rings. The number of rotatable bonds is 3. The monoisotopic (exact) mass is 409 g/mol. The molecule has 6 nitrogen and oxygen atoms in total. The Hall–Kier alpha value is -4.06. The fraction of sp³-hybridized carbons (Fsp3) is 0.0952. The summed E-state index contributed by atoms with van der Waals surface area (Å²) in [5.74, 6) is 0.422. The van der Waals surface area contributed by atoms with Crippen LogP contribution in [0.3, 0.4) is 0 Å². The van der Waals surface area contributed by atoms with Gasteiger partial charge in [0, 0.05) is 18.1 Å². The number of nitrogens with zero attached hydrogens (tertiary/aromatic N) is 4. The number of alkyl halides is 3. The van der Waals surface area contributed by atoms with Crippen LogP contribution < -0.4 is 5.69 Å². The highest BCUT2D eigenvalue weighted by molar-refractivity contribution is 5.60. The van der Waals surface area contributed by atoms with E-state index in [0.29, 0.717) is 22.9 Å². The molecule has 0 amide bonds. The van der Waals surface area contributed by atoms with Crippen LogP contribution in [0.15, 0.2) is 65.7 Å². The van der Waals surface area contributed by atoms with Gasteiger partial charge in [0.05, 0.1) is 23.5 Å². The number of nitrogens with one attached hydrogen (secondary N) is 1. The molecule has 0 atom stereocenters. The first-order valence-electron chi connectivity index (χ1n) is 8.80. The number of H-pyrrole nitrogens is 1. The average molecular weight is 409 g/mol. The van der Waals surface area contributed by atoms with Gasteiger partial charge in [-0.1, -0.05) is 18.2 Å². The molecule has 0 radical (unpaired) electrons. The van der Waals surface area contributed by atoms with Crippen LogP contribution >= 0.6 is 0 Å². The second-order valence-electron chi connectivity index (χ2n) is 6.52. The summed E-state index contributed by atoms with van der Waals surface area (Å²) in [6.45, 7) is 8.68. The maximum absolute atomic E-state index is 13.1. The first kappa shape index (κ1) is 19.3. The lowest BCUT2D eigenvalue weighted by molar-refractivity contribution is -0.137. The fourth-order valence-electron chi connectivity index (χ4n) is 3.25. The van der Waals surface area contributed by atoms with E-state index in [9.17, 15) is 18.0 Å². The van der Waals surface area contributed by atoms with Gasteiger partial charge in [0.25, 0.3) is 0 Å². The third kappa shape index (κ3) is 3.28. The van der Waals surface area contributed by atoms with Crippen molar-refractivity contribution in [3.8, 4) is 22.9 Å². The van der Waals surface area contributed by atoms with Crippen molar-refractivity contribution in [2.45, 2.75) is 13.1 Å². The van der Waals surface area contributed by atoms with E-state index in [-0.39, 0.29) is 5.69 Å². The van der Waals surface area contributed by atoms with Gasteiger partial charge in [0.1, 0.15) is 5.69 Å². The quantitative estimate of drug-likeness (QED) is 0.490. The van der Waals surface area contributed by atoms with Crippen molar-refractivity contribution < 1.29 is 13.2 Å². The number of hydrogen-bond acceptors (Lipinski definition) is 2. The molecule has 0 bridgehead atoms. The Morgan fingerprint density at radius 3 is 2.50 bits per heavy atom. The molecule has 2 aromatic heterocycles. The van der Waals surface area contributed by atoms with Crippen molar-refractivity contribution in [2.75, 3.05) is 0 Å². The second kappa shape index (κ2) is 7.08. The van der Waals surface area contributed by atoms with Crippen LogP contribution in [0.4, 0.5) is 18.9 Å². The predicted octanol–water partition coefficient (Wildman–Crippen LogP) is 4.90. The Morgan fingerprint density at radius 2 is 1.83 bits per heavy atom. The summed E-state index contributed by atoms with van der Waals surface area (Å²) in [7, 11) is 0. The van der Waals surface area contributed by atoms with Crippen molar-refractivity contribution in [3.05, 3.63) is 94.1 Å². The van der Waals surface area contributed by atoms with Crippen molar-refractivity contribution in [2.24, 2.45) is 0 Å². The lowest BCUT2D eigenvalue weighted by Crippen LogP contribution is -2.16. The van der Waals surface area contributed by atoms with E-state index >= 15 is 0 Å². The molecule has 0 aliphatic rings. The molecule has 0 saturated carbocycles. The van der Waals surface area contributed by atoms with Crippen LogP contribution in [0.5, 0.6) is 0 Å². The number of imidazole rings is 2. The zero-order valence-electron chi connectivity index (χ0n) is 15.6. The Labute approximate surface area is 168 Å². The molecule has 0 unspecified atom stereocenters. The number of halogens is 3. The molecule has 30 heavy (non-hydrogen) atoms. The molecule has 4 rings (SSSR count). The first-order valence-corrected chi connectivity index (χ1v) is 8.80. The zero-order chi connectivity index (χ0) is 21.5. The van der Waals surface area contributed by atoms with E-state index in [2.05, 4.69) is 14.8 Å². The van der Waals surface area contributed by atoms with E-state index in [1.165, 1.54) is 16.7 Å². The van der Waals surface area contributed by atoms with E-state index in [1.54, 1.807) is 48.1 Å². The molecular weight excluding hydrogens is 395 g/mol. The summed E-state index contributed by atoms with van der Waals surface area (Å²) in [6.07, 6.45) is -1.26. The van der Waals surface area contributed by atoms with Crippen molar-refractivity contribution in [1.29, 1.82) is 0 Å². The molecule has 0 saturated heterocycles. The molecular formula is C21H14F3N5O. The summed E-state index contributed by atoms with van der Waals surface area (Å²) in [5, 5.41) is 0. The summed E-state index contributed by atoms with van der Waals surface area (Å²) in [4.78, 5) is 23.0. The SMILES string of the molecule is [C-]#[N+]c1ccc(-n2ccnc2-c2[nH]c(=O)n(-c3cccc(C(F)(F)F)c3)c2C)cc1. The minimum Gasteiger partial charge on any atom is -0.302 e. The highest BCUT2D eigenvalue weighted by atomic mass is 19.4. The maximum atomic E-state index is 13.1. The number of hydrogen-bond donors (Lipinski definition) is 1. The van der Waals surface area contributed by atoms with E-state index in [1.807, 2.05) is 0 Å². The summed E-state index contributed by atoms with van der Waals surface area (Å²) < 4.78 is 42.2. The van der Waals surface area contributed by atoms with Gasteiger partial charge in [0.15, 0.2) is 11.5 Å². The zero-order valence-corrected chi connectivity index (χ0v) is 15.6. The minimum absolute atomic E-state index is 0.106. The predicted molar refractivity (Wildman–Crippen MR) is 105 cm³/mol. The Kier molecular flexibility index (Phi) is 4.54. The largest absolute Gasteiger partial charge is 0.416 e. The van der Waals surface area contributed by atoms with Crippen LogP contribution in [-0.2, 0) is 6.18 Å². The number of benzene rings is 2. The lowest BCUT2D eigenvalue weighted by Gasteiger charge is -2.11. The van der Waals surface area contributed by atoms with Crippen LogP contribution in [0.1, 0.15) is 11.3 Å². The molecule has 0 spiro atoms. The molecule has 2 heterocycles. The van der Waals surface area contributed by atoms with Gasteiger partial charge in [0.2, 0.25) is 0 Å². The standard InChI is InChI=1S/C21H14F3N5O/c1-13-18(19-26-10-11-28(19)16-8-6-15(25-2)7-9-16)27-20(30)29(13)17-5-3-4-14(12-17)21(22,23)24/h3-12H,1H3,(H,27,30). The van der Waals surface area contributed by atoms with Crippen LogP contribution in [-0.4, -0.2) is 19.1 Å². The summed E-state index contributed by atoms with van der Waals surface area (Å²) in [5.41, 5.74) is 0.716. The summed E-state index contributed by atoms with van der Waals surface area (Å²) in [6, 6.07) is 11.4. The molecule has 2 aromatic carbocycles. The maximum Gasteiger partial charge on any atom is 0.416 e. The first-order chi connectivity index (χ1) is 14.3. The third-order valence-electron chi connectivity index (χ3n) is 4.69. The van der Waals surface area contributed by atoms with Crippen LogP contribution in [0.25, 0.3) is 27.7 Å². The van der Waals surface area contributed by atoms with E-state index in [0.717, 1.165) is 17.8 Å². The van der Waals surface area contributed by atoms with Gasteiger partial charge in [-0.3, -0.25) is 9.13 Å². The topological polar surface area (TPSA) is 60.0 Å². The van der Waals surface area contributed by atoms with Crippen LogP contribution in [0.2, 0.25) is 0 Å². The highest BCUT2D eigenvalue weighted by Gasteiger charge is 2.31. The van der Waals surface area contributed by atoms with Gasteiger partial charge in [-0.2, -0.15) is 13.2 Å². The molecule has 9 heteroatoms. The van der Waals surface area contributed by atoms with Gasteiger partial charge >= 0.3 is 11.9 Å². The van der Waals surface area contributed by atoms with Crippen molar-refractivity contribution in [1.82, 2.24) is 19.1 Å². The number of aromatic nitrogens is 4. The van der Waals surface area contributed by atoms with Crippen molar-refractivity contribution in [3.63, 3.8) is 0 Å². The van der Waals surface area contributed by atoms with Gasteiger partial charge < -0.3 is 4.98 Å². The molecule has 4 aromatic rings. The van der Waals surface area contributed by atoms with Gasteiger partial charge in [-0.15, -0.1) is 0 Å². The van der Waals surface area contributed by atoms with E-state index < -0.39 is 17.4 Å². The Balaban J connectivity index is 1.82. The molecule has 0 aliphatic carbocycles. The van der Waals surface area contributed by atoms with Crippen molar-refractivity contribution >= 4 is 5.69 Å². The smallest absolute Gasteiger partial charge is 0.302 e. The lowest BCUT2D eigenvalue weighted by atomic mass is 10.2. The normalized spacial score (nSPS) is 11.4. The Bertz CT molecular complexity index is 1320.